The van der Waals surface area contributed by atoms with Gasteiger partial charge in [-0.15, -0.1) is 0 Å². The topological polar surface area (TPSA) is 87.0 Å². The third-order valence-corrected chi connectivity index (χ3v) is 5.88. The molecule has 2 aromatic carbocycles. The number of nitrogens with zero attached hydrogens (tertiary/aromatic N) is 4. The molecule has 1 amide bonds. The Morgan fingerprint density at radius 3 is 2.33 bits per heavy atom. The molecule has 0 spiro atoms. The number of rotatable bonds is 4. The summed E-state index contributed by atoms with van der Waals surface area (Å²) in [6.07, 6.45) is -4.71. The van der Waals surface area contributed by atoms with Crippen LogP contribution in [0.1, 0.15) is 15.9 Å². The predicted octanol–water partition coefficient (Wildman–Crippen LogP) is 3.72. The number of carbonyl (C=O) groups excluding carboxylic acids is 2. The fourth-order valence-corrected chi connectivity index (χ4v) is 4.17. The molecule has 2 aliphatic heterocycles. The summed E-state index contributed by atoms with van der Waals surface area (Å²) >= 11 is 5.96. The van der Waals surface area contributed by atoms with Crippen molar-refractivity contribution in [2.75, 3.05) is 42.6 Å². The zero-order chi connectivity index (χ0) is 24.1. The summed E-state index contributed by atoms with van der Waals surface area (Å²) in [5.74, 6) is -2.60. The van der Waals surface area contributed by atoms with E-state index in [9.17, 15) is 37.3 Å². The first kappa shape index (κ1) is 22.9. The molecule has 0 bridgehead atoms. The van der Waals surface area contributed by atoms with Gasteiger partial charge in [-0.25, -0.2) is 4.39 Å². The average molecular weight is 487 g/mol. The Labute approximate surface area is 189 Å². The number of alkyl halides is 3. The van der Waals surface area contributed by atoms with Crippen molar-refractivity contribution in [2.45, 2.75) is 6.18 Å². The van der Waals surface area contributed by atoms with Crippen molar-refractivity contribution in [1.29, 1.82) is 0 Å². The number of nitro benzene ring substituents is 1. The maximum Gasteiger partial charge on any atom is 0.416 e. The van der Waals surface area contributed by atoms with Crippen molar-refractivity contribution in [2.24, 2.45) is 0 Å². The van der Waals surface area contributed by atoms with E-state index in [1.807, 2.05) is 0 Å². The van der Waals surface area contributed by atoms with Crippen LogP contribution in [-0.2, 0) is 11.0 Å². The summed E-state index contributed by atoms with van der Waals surface area (Å²) in [4.78, 5) is 39.4. The minimum Gasteiger partial charge on any atom is -0.363 e. The molecule has 0 radical (unpaired) electrons. The zero-order valence-corrected chi connectivity index (χ0v) is 17.5. The van der Waals surface area contributed by atoms with E-state index in [1.54, 1.807) is 9.80 Å². The minimum atomic E-state index is -4.71. The molecule has 2 aliphatic rings. The molecule has 1 fully saturated rings. The van der Waals surface area contributed by atoms with Crippen LogP contribution in [0.2, 0.25) is 5.02 Å². The third-order valence-electron chi connectivity index (χ3n) is 5.57. The van der Waals surface area contributed by atoms with Crippen molar-refractivity contribution in [3.8, 4) is 0 Å². The highest BCUT2D eigenvalue weighted by Gasteiger charge is 2.41. The molecule has 8 nitrogen and oxygen atoms in total. The lowest BCUT2D eigenvalue weighted by Gasteiger charge is -2.37. The lowest BCUT2D eigenvalue weighted by molar-refractivity contribution is -0.384. The third kappa shape index (κ3) is 4.11. The number of fused-ring (bicyclic) bond motifs is 1. The lowest BCUT2D eigenvalue weighted by Crippen LogP contribution is -2.51. The summed E-state index contributed by atoms with van der Waals surface area (Å²) < 4.78 is 53.2. The fraction of sp³-hybridized carbons (Fsp3) is 0.300. The van der Waals surface area contributed by atoms with Gasteiger partial charge in [0.1, 0.15) is 11.5 Å². The molecule has 0 unspecified atom stereocenters. The molecule has 1 saturated heterocycles. The Bertz CT molecular complexity index is 1170. The van der Waals surface area contributed by atoms with Crippen molar-refractivity contribution in [3.63, 3.8) is 0 Å². The maximum atomic E-state index is 14.4. The van der Waals surface area contributed by atoms with Gasteiger partial charge in [0.05, 0.1) is 33.4 Å². The number of nitro groups is 1. The van der Waals surface area contributed by atoms with Gasteiger partial charge in [0.15, 0.2) is 0 Å². The Balaban J connectivity index is 1.50. The van der Waals surface area contributed by atoms with Gasteiger partial charge in [0, 0.05) is 32.2 Å². The van der Waals surface area contributed by atoms with Gasteiger partial charge in [-0.05, 0) is 24.3 Å². The van der Waals surface area contributed by atoms with E-state index in [1.165, 1.54) is 6.07 Å². The number of hydrogen-bond acceptors (Lipinski definition) is 6. The van der Waals surface area contributed by atoms with Crippen LogP contribution in [0.3, 0.4) is 0 Å². The number of piperazine rings is 1. The van der Waals surface area contributed by atoms with Gasteiger partial charge in [0.25, 0.3) is 11.5 Å². The summed E-state index contributed by atoms with van der Waals surface area (Å²) in [7, 11) is 0. The SMILES string of the molecule is O=C1C(=O)N(CN2CCN(c3ccc(C(F)(F)F)cc3[N+](=O)[O-])CC2)c2c(F)ccc(Cl)c21. The minimum absolute atomic E-state index is 0.0355. The van der Waals surface area contributed by atoms with E-state index < -0.39 is 39.9 Å². The Morgan fingerprint density at radius 1 is 1.06 bits per heavy atom. The first-order valence-corrected chi connectivity index (χ1v) is 10.0. The quantitative estimate of drug-likeness (QED) is 0.283. The molecule has 2 heterocycles. The van der Waals surface area contributed by atoms with Gasteiger partial charge in [-0.1, -0.05) is 11.6 Å². The standard InChI is InChI=1S/C20H15ClF4N4O4/c21-12-2-3-13(22)17-16(12)18(30)19(31)28(17)10-26-5-7-27(8-6-26)14-4-1-11(20(23,24)25)9-15(14)29(32)33/h1-4,9H,5-8,10H2. The van der Waals surface area contributed by atoms with Crippen LogP contribution in [0, 0.1) is 15.9 Å². The van der Waals surface area contributed by atoms with Crippen LogP contribution in [0.4, 0.5) is 34.6 Å². The second kappa shape index (κ2) is 8.27. The second-order valence-electron chi connectivity index (χ2n) is 7.52. The van der Waals surface area contributed by atoms with Crippen molar-refractivity contribution < 1.29 is 32.1 Å². The number of halogens is 5. The molecular formula is C20H15ClF4N4O4. The van der Waals surface area contributed by atoms with Crippen LogP contribution in [-0.4, -0.2) is 54.4 Å². The predicted molar refractivity (Wildman–Crippen MR) is 110 cm³/mol. The molecule has 2 aromatic rings. The highest BCUT2D eigenvalue weighted by atomic mass is 35.5. The van der Waals surface area contributed by atoms with E-state index in [2.05, 4.69) is 0 Å². The van der Waals surface area contributed by atoms with E-state index in [4.69, 9.17) is 11.6 Å². The Morgan fingerprint density at radius 2 is 1.73 bits per heavy atom. The second-order valence-corrected chi connectivity index (χ2v) is 7.93. The number of hydrogen-bond donors (Lipinski definition) is 0. The smallest absolute Gasteiger partial charge is 0.363 e. The maximum absolute atomic E-state index is 14.4. The molecule has 174 valence electrons. The van der Waals surface area contributed by atoms with E-state index in [-0.39, 0.29) is 54.8 Å². The average Bonchev–Trinajstić information content (AvgIpc) is 3.02. The highest BCUT2D eigenvalue weighted by molar-refractivity contribution is 6.55. The van der Waals surface area contributed by atoms with Crippen molar-refractivity contribution in [3.05, 3.63) is 62.4 Å². The lowest BCUT2D eigenvalue weighted by atomic mass is 10.1. The van der Waals surface area contributed by atoms with Crippen molar-refractivity contribution >= 4 is 40.4 Å². The Hall–Kier alpha value is -3.25. The molecule has 4 rings (SSSR count). The summed E-state index contributed by atoms with van der Waals surface area (Å²) in [6.45, 7) is 0.805. The van der Waals surface area contributed by atoms with Crippen LogP contribution in [0.15, 0.2) is 30.3 Å². The molecule has 13 heteroatoms. The number of carbonyl (C=O) groups is 2. The largest absolute Gasteiger partial charge is 0.416 e. The van der Waals surface area contributed by atoms with Crippen LogP contribution < -0.4 is 9.80 Å². The number of amides is 1. The first-order valence-electron chi connectivity index (χ1n) is 9.66. The molecular weight excluding hydrogens is 472 g/mol. The number of benzene rings is 2. The number of anilines is 2. The normalized spacial score (nSPS) is 17.0. The molecule has 0 saturated carbocycles. The number of ketones is 1. The summed E-state index contributed by atoms with van der Waals surface area (Å²) in [5, 5.41) is 11.3. The van der Waals surface area contributed by atoms with Gasteiger partial charge in [-0.2, -0.15) is 13.2 Å². The van der Waals surface area contributed by atoms with Crippen LogP contribution in [0.5, 0.6) is 0 Å². The fourth-order valence-electron chi connectivity index (χ4n) is 3.93. The molecule has 0 aliphatic carbocycles. The number of Topliss-reactive ketones (excluding diaryl/α,β-unsaturated/α-hetero) is 1. The zero-order valence-electron chi connectivity index (χ0n) is 16.7. The Kier molecular flexibility index (Phi) is 5.74. The van der Waals surface area contributed by atoms with Crippen LogP contribution in [0.25, 0.3) is 0 Å². The molecule has 0 aromatic heterocycles. The van der Waals surface area contributed by atoms with E-state index >= 15 is 0 Å². The van der Waals surface area contributed by atoms with E-state index in [0.29, 0.717) is 6.07 Å². The van der Waals surface area contributed by atoms with Gasteiger partial charge < -0.3 is 4.90 Å². The van der Waals surface area contributed by atoms with Gasteiger partial charge >= 0.3 is 12.1 Å². The van der Waals surface area contributed by atoms with Crippen molar-refractivity contribution in [1.82, 2.24) is 4.90 Å². The van der Waals surface area contributed by atoms with Gasteiger partial charge in [0.2, 0.25) is 0 Å². The molecule has 33 heavy (non-hydrogen) atoms. The van der Waals surface area contributed by atoms with E-state index in [0.717, 1.165) is 23.1 Å². The molecule has 0 N–H and O–H groups in total. The summed E-state index contributed by atoms with van der Waals surface area (Å²) in [5.41, 5.74) is -2.13. The van der Waals surface area contributed by atoms with Gasteiger partial charge in [-0.3, -0.25) is 29.5 Å². The molecule has 0 atom stereocenters. The highest BCUT2D eigenvalue weighted by Crippen LogP contribution is 2.38. The first-order chi connectivity index (χ1) is 15.5. The van der Waals surface area contributed by atoms with Crippen LogP contribution >= 0.6 is 11.6 Å². The monoisotopic (exact) mass is 486 g/mol. The summed E-state index contributed by atoms with van der Waals surface area (Å²) in [6, 6.07) is 4.60.